The molecule has 1 aliphatic heterocycles. The van der Waals surface area contributed by atoms with E-state index < -0.39 is 5.60 Å². The first-order valence-electron chi connectivity index (χ1n) is 8.86. The molecule has 0 spiro atoms. The maximum atomic E-state index is 12.4. The van der Waals surface area contributed by atoms with E-state index in [1.54, 1.807) is 13.8 Å². The Bertz CT molecular complexity index is 1000. The number of Topliss-reactive ketones (excluding diaryl/α,β-unsaturated/α-hetero) is 1. The number of ketones is 1. The largest absolute Gasteiger partial charge is 0.493 e. The Labute approximate surface area is 160 Å². The highest BCUT2D eigenvalue weighted by Gasteiger charge is 2.26. The van der Waals surface area contributed by atoms with E-state index in [1.165, 1.54) is 17.4 Å². The maximum Gasteiger partial charge on any atom is 0.266 e. The molecule has 27 heavy (non-hydrogen) atoms. The summed E-state index contributed by atoms with van der Waals surface area (Å²) >= 11 is 1.22. The highest BCUT2D eigenvalue weighted by molar-refractivity contribution is 7.07. The average molecular weight is 389 g/mol. The lowest BCUT2D eigenvalue weighted by molar-refractivity contribution is -0.134. The number of carbonyl (C=O) groups is 1. The third kappa shape index (κ3) is 4.74. The van der Waals surface area contributed by atoms with Crippen molar-refractivity contribution in [1.82, 2.24) is 4.98 Å². The van der Waals surface area contributed by atoms with Gasteiger partial charge < -0.3 is 19.6 Å². The van der Waals surface area contributed by atoms with Crippen LogP contribution in [0.25, 0.3) is 12.2 Å². The molecule has 6 nitrogen and oxygen atoms in total. The molecule has 2 heterocycles. The van der Waals surface area contributed by atoms with Gasteiger partial charge in [-0.2, -0.15) is 0 Å². The molecule has 3 rings (SSSR count). The standard InChI is InChI=1S/C20H23NO5S/c1-20(2,26-9-7-22)17(23)12-18-21-19(24)16(27-18)11-13-5-6-15-14(10-13)4-3-8-25-15/h5-6,10-12,22H,3-4,7-9H2,1-2H3,(H,21,24)/b16-11-,18-12+. The monoisotopic (exact) mass is 389 g/mol. The number of hydrogen-bond acceptors (Lipinski definition) is 6. The SMILES string of the molecule is CC(C)(OCCO)C(=O)/C=c1\[nH]c(=O)/c(=C/c2ccc3c(c2)CCCO3)s1. The van der Waals surface area contributed by atoms with Crippen LogP contribution in [0.2, 0.25) is 0 Å². The van der Waals surface area contributed by atoms with E-state index in [1.807, 2.05) is 24.3 Å². The van der Waals surface area contributed by atoms with Gasteiger partial charge in [0.25, 0.3) is 5.56 Å². The molecule has 1 aromatic carbocycles. The summed E-state index contributed by atoms with van der Waals surface area (Å²) in [5.41, 5.74) is 0.775. The van der Waals surface area contributed by atoms with Crippen molar-refractivity contribution >= 4 is 29.3 Å². The third-order valence-electron chi connectivity index (χ3n) is 4.32. The van der Waals surface area contributed by atoms with Crippen LogP contribution >= 0.6 is 11.3 Å². The van der Waals surface area contributed by atoms with Gasteiger partial charge in [-0.15, -0.1) is 11.3 Å². The molecule has 2 N–H and O–H groups in total. The Morgan fingerprint density at radius 2 is 2.26 bits per heavy atom. The van der Waals surface area contributed by atoms with Gasteiger partial charge >= 0.3 is 0 Å². The second-order valence-corrected chi connectivity index (χ2v) is 7.92. The molecule has 0 unspecified atom stereocenters. The first-order chi connectivity index (χ1) is 12.9. The van der Waals surface area contributed by atoms with Gasteiger partial charge in [0.05, 0.1) is 29.0 Å². The summed E-state index contributed by atoms with van der Waals surface area (Å²) in [6.07, 6.45) is 5.15. The molecule has 0 bridgehead atoms. The van der Waals surface area contributed by atoms with Crippen LogP contribution in [0.1, 0.15) is 31.4 Å². The molecule has 7 heteroatoms. The summed E-state index contributed by atoms with van der Waals surface area (Å²) < 4.78 is 12.0. The zero-order chi connectivity index (χ0) is 19.4. The van der Waals surface area contributed by atoms with Crippen LogP contribution in [-0.4, -0.2) is 41.3 Å². The lowest BCUT2D eigenvalue weighted by Crippen LogP contribution is -2.35. The molecule has 0 atom stereocenters. The Morgan fingerprint density at radius 1 is 1.44 bits per heavy atom. The number of aryl methyl sites for hydroxylation is 1. The van der Waals surface area contributed by atoms with Crippen LogP contribution in [0.15, 0.2) is 23.0 Å². The number of benzene rings is 1. The molecule has 0 aliphatic carbocycles. The van der Waals surface area contributed by atoms with Crippen molar-refractivity contribution in [3.8, 4) is 5.75 Å². The van der Waals surface area contributed by atoms with Gasteiger partial charge in [-0.25, -0.2) is 0 Å². The highest BCUT2D eigenvalue weighted by atomic mass is 32.1. The maximum absolute atomic E-state index is 12.4. The number of aliphatic hydroxyl groups excluding tert-OH is 1. The van der Waals surface area contributed by atoms with E-state index >= 15 is 0 Å². The summed E-state index contributed by atoms with van der Waals surface area (Å²) in [6.45, 7) is 3.93. The molecule has 0 radical (unpaired) electrons. The fourth-order valence-electron chi connectivity index (χ4n) is 2.81. The number of aliphatic hydroxyl groups is 1. The van der Waals surface area contributed by atoms with Gasteiger partial charge in [-0.3, -0.25) is 9.59 Å². The predicted molar refractivity (Wildman–Crippen MR) is 105 cm³/mol. The fourth-order valence-corrected chi connectivity index (χ4v) is 3.70. The van der Waals surface area contributed by atoms with E-state index in [4.69, 9.17) is 14.6 Å². The van der Waals surface area contributed by atoms with Gasteiger partial charge in [0, 0.05) is 6.08 Å². The van der Waals surface area contributed by atoms with E-state index in [0.717, 1.165) is 36.3 Å². The van der Waals surface area contributed by atoms with Crippen molar-refractivity contribution in [2.75, 3.05) is 19.8 Å². The van der Waals surface area contributed by atoms with E-state index in [9.17, 15) is 9.59 Å². The third-order valence-corrected chi connectivity index (χ3v) is 5.28. The number of ether oxygens (including phenoxy) is 2. The number of aromatic amines is 1. The fraction of sp³-hybridized carbons (Fsp3) is 0.400. The summed E-state index contributed by atoms with van der Waals surface area (Å²) in [5.74, 6) is 0.633. The van der Waals surface area contributed by atoms with Crippen molar-refractivity contribution in [2.45, 2.75) is 32.3 Å². The van der Waals surface area contributed by atoms with Crippen molar-refractivity contribution in [2.24, 2.45) is 0 Å². The van der Waals surface area contributed by atoms with Gasteiger partial charge in [0.2, 0.25) is 0 Å². The second kappa shape index (κ2) is 8.21. The summed E-state index contributed by atoms with van der Waals surface area (Å²) in [7, 11) is 0. The minimum atomic E-state index is -1.06. The number of carbonyl (C=O) groups excluding carboxylic acids is 1. The Kier molecular flexibility index (Phi) is 5.94. The van der Waals surface area contributed by atoms with Crippen LogP contribution in [0.5, 0.6) is 5.75 Å². The van der Waals surface area contributed by atoms with Crippen molar-refractivity contribution in [3.63, 3.8) is 0 Å². The van der Waals surface area contributed by atoms with Crippen LogP contribution in [0.3, 0.4) is 0 Å². The topological polar surface area (TPSA) is 88.6 Å². The number of hydrogen-bond donors (Lipinski definition) is 2. The first-order valence-corrected chi connectivity index (χ1v) is 9.68. The first kappa shape index (κ1) is 19.5. The Hall–Kier alpha value is -2.22. The summed E-state index contributed by atoms with van der Waals surface area (Å²) in [6, 6.07) is 5.89. The quantitative estimate of drug-likeness (QED) is 0.760. The summed E-state index contributed by atoms with van der Waals surface area (Å²) in [4.78, 5) is 27.3. The van der Waals surface area contributed by atoms with Crippen LogP contribution in [-0.2, 0) is 16.0 Å². The number of H-pyrrole nitrogens is 1. The van der Waals surface area contributed by atoms with Gasteiger partial charge in [0.15, 0.2) is 5.78 Å². The molecule has 0 saturated carbocycles. The van der Waals surface area contributed by atoms with Gasteiger partial charge in [-0.1, -0.05) is 6.07 Å². The second-order valence-electron chi connectivity index (χ2n) is 6.84. The lowest BCUT2D eigenvalue weighted by atomic mass is 10.0. The molecule has 0 saturated heterocycles. The molecule has 0 fully saturated rings. The normalized spacial score (nSPS) is 15.5. The molecule has 2 aromatic rings. The van der Waals surface area contributed by atoms with E-state index in [2.05, 4.69) is 4.98 Å². The van der Waals surface area contributed by atoms with Crippen molar-refractivity contribution < 1.29 is 19.4 Å². The Balaban J connectivity index is 1.89. The zero-order valence-corrected chi connectivity index (χ0v) is 16.2. The van der Waals surface area contributed by atoms with Crippen LogP contribution < -0.4 is 19.5 Å². The molecular formula is C20H23NO5S. The molecule has 1 aliphatic rings. The van der Waals surface area contributed by atoms with E-state index in [0.29, 0.717) is 9.20 Å². The number of fused-ring (bicyclic) bond motifs is 1. The van der Waals surface area contributed by atoms with Crippen LogP contribution in [0, 0.1) is 0 Å². The molecule has 0 amide bonds. The van der Waals surface area contributed by atoms with Crippen LogP contribution in [0.4, 0.5) is 0 Å². The minimum absolute atomic E-state index is 0.0780. The smallest absolute Gasteiger partial charge is 0.266 e. The summed E-state index contributed by atoms with van der Waals surface area (Å²) in [5, 5.41) is 8.85. The minimum Gasteiger partial charge on any atom is -0.493 e. The number of thiazole rings is 1. The highest BCUT2D eigenvalue weighted by Crippen LogP contribution is 2.25. The van der Waals surface area contributed by atoms with Crippen molar-refractivity contribution in [1.29, 1.82) is 0 Å². The Morgan fingerprint density at radius 3 is 3.04 bits per heavy atom. The number of nitrogens with one attached hydrogen (secondary N) is 1. The lowest BCUT2D eigenvalue weighted by Gasteiger charge is -2.21. The van der Waals surface area contributed by atoms with Gasteiger partial charge in [-0.05, 0) is 56.0 Å². The number of rotatable bonds is 6. The van der Waals surface area contributed by atoms with E-state index in [-0.39, 0.29) is 24.6 Å². The van der Waals surface area contributed by atoms with Crippen molar-refractivity contribution in [3.05, 3.63) is 48.9 Å². The predicted octanol–water partition coefficient (Wildman–Crippen LogP) is 0.727. The zero-order valence-electron chi connectivity index (χ0n) is 15.4. The molecular weight excluding hydrogens is 366 g/mol. The average Bonchev–Trinajstić information content (AvgIpc) is 2.98. The molecule has 144 valence electrons. The molecule has 1 aromatic heterocycles. The number of aromatic nitrogens is 1. The van der Waals surface area contributed by atoms with Gasteiger partial charge in [0.1, 0.15) is 11.4 Å².